The van der Waals surface area contributed by atoms with E-state index < -0.39 is 0 Å². The van der Waals surface area contributed by atoms with Crippen molar-refractivity contribution >= 4 is 27.3 Å². The number of hydrogen-bond donors (Lipinski definition) is 0. The zero-order valence-electron chi connectivity index (χ0n) is 8.25. The van der Waals surface area contributed by atoms with E-state index in [1.54, 1.807) is 25.5 Å². The third kappa shape index (κ3) is 2.79. The van der Waals surface area contributed by atoms with E-state index in [2.05, 4.69) is 0 Å². The van der Waals surface area contributed by atoms with Crippen LogP contribution in [0.4, 0.5) is 9.59 Å². The van der Waals surface area contributed by atoms with Gasteiger partial charge in [0.1, 0.15) is 0 Å². The van der Waals surface area contributed by atoms with Crippen LogP contribution in [0.5, 0.6) is 0 Å². The molecular formula is C7H14B2N2O2. The molecule has 0 aliphatic carbocycles. The van der Waals surface area contributed by atoms with Crippen molar-refractivity contribution in [3.63, 3.8) is 0 Å². The third-order valence-corrected chi connectivity index (χ3v) is 2.39. The summed E-state index contributed by atoms with van der Waals surface area (Å²) in [7, 11) is 3.15. The van der Waals surface area contributed by atoms with Gasteiger partial charge in [0.25, 0.3) is 0 Å². The van der Waals surface area contributed by atoms with E-state index >= 15 is 0 Å². The molecule has 13 heavy (non-hydrogen) atoms. The Kier molecular flexibility index (Phi) is 3.39. The number of rotatable bonds is 0. The average Bonchev–Trinajstić information content (AvgIpc) is 2.27. The molecule has 1 saturated heterocycles. The number of nitrogens with zero attached hydrogens (tertiary/aromatic N) is 2. The zero-order valence-corrected chi connectivity index (χ0v) is 8.25. The van der Waals surface area contributed by atoms with Crippen molar-refractivity contribution in [2.45, 2.75) is 6.42 Å². The molecule has 6 heteroatoms. The lowest BCUT2D eigenvalue weighted by Gasteiger charge is -2.20. The van der Waals surface area contributed by atoms with Gasteiger partial charge in [0.2, 0.25) is 15.7 Å². The molecule has 2 amide bonds. The fourth-order valence-electron chi connectivity index (χ4n) is 1.55. The lowest BCUT2D eigenvalue weighted by atomic mass is 10.1. The molecule has 0 saturated carbocycles. The van der Waals surface area contributed by atoms with Gasteiger partial charge < -0.3 is 9.80 Å². The Labute approximate surface area is 80.1 Å². The summed E-state index contributed by atoms with van der Waals surface area (Å²) in [6.45, 7) is 2.90. The summed E-state index contributed by atoms with van der Waals surface area (Å²) in [5.74, 6) is 0.204. The first-order valence-electron chi connectivity index (χ1n) is 4.62. The zero-order chi connectivity index (χ0) is 9.84. The van der Waals surface area contributed by atoms with Crippen LogP contribution in [0.25, 0.3) is 0 Å². The Hall–Kier alpha value is -0.930. The topological polar surface area (TPSA) is 40.6 Å². The van der Waals surface area contributed by atoms with Gasteiger partial charge in [-0.15, -0.1) is 0 Å². The first kappa shape index (κ1) is 10.2. The molecule has 4 nitrogen and oxygen atoms in total. The van der Waals surface area contributed by atoms with Gasteiger partial charge in [-0.2, -0.15) is 0 Å². The van der Waals surface area contributed by atoms with Crippen molar-refractivity contribution in [1.82, 2.24) is 9.80 Å². The molecule has 0 aromatic rings. The van der Waals surface area contributed by atoms with Gasteiger partial charge in [-0.25, -0.2) is 0 Å². The van der Waals surface area contributed by atoms with E-state index in [1.165, 1.54) is 0 Å². The van der Waals surface area contributed by atoms with Crippen LogP contribution in [0.15, 0.2) is 0 Å². The van der Waals surface area contributed by atoms with Crippen molar-refractivity contribution in [1.29, 1.82) is 0 Å². The summed E-state index contributed by atoms with van der Waals surface area (Å²) in [5.41, 5.74) is 0. The van der Waals surface area contributed by atoms with E-state index in [4.69, 9.17) is 0 Å². The minimum Gasteiger partial charge on any atom is -0.350 e. The predicted molar refractivity (Wildman–Crippen MR) is 55.6 cm³/mol. The molecule has 1 aliphatic heterocycles. The molecule has 1 fully saturated rings. The van der Waals surface area contributed by atoms with Gasteiger partial charge in [0.05, 0.1) is 0 Å². The van der Waals surface area contributed by atoms with Crippen LogP contribution in [0, 0.1) is 0 Å². The fourth-order valence-corrected chi connectivity index (χ4v) is 1.55. The average molecular weight is 180 g/mol. The van der Waals surface area contributed by atoms with Crippen LogP contribution < -0.4 is 0 Å². The van der Waals surface area contributed by atoms with Crippen LogP contribution in [0.3, 0.4) is 0 Å². The molecule has 0 bridgehead atoms. The second-order valence-corrected chi connectivity index (χ2v) is 3.37. The summed E-state index contributed by atoms with van der Waals surface area (Å²) in [6.07, 6.45) is 0.888. The highest BCUT2D eigenvalue weighted by molar-refractivity contribution is 6.57. The van der Waals surface area contributed by atoms with Gasteiger partial charge in [-0.1, -0.05) is 0 Å². The van der Waals surface area contributed by atoms with Crippen LogP contribution in [-0.4, -0.2) is 63.3 Å². The second kappa shape index (κ2) is 4.35. The molecular weight excluding hydrogens is 166 g/mol. The molecule has 0 aromatic carbocycles. The minimum absolute atomic E-state index is 0.102. The number of carbonyl (C=O) groups excluding carboxylic acids is 2. The lowest BCUT2D eigenvalue weighted by molar-refractivity contribution is 0.215. The molecule has 0 spiro atoms. The molecule has 1 aliphatic rings. The summed E-state index contributed by atoms with van der Waals surface area (Å²) in [5, 5.41) is 0. The number of carbonyl (C=O) groups is 2. The molecule has 0 unspecified atom stereocenters. The van der Waals surface area contributed by atoms with Gasteiger partial charge in [0, 0.05) is 26.2 Å². The van der Waals surface area contributed by atoms with Gasteiger partial charge >= 0.3 is 0 Å². The standard InChI is InChI=1S/C7H14B2N2O2/c8-6(12)10-2-1-3-11(5-4-10)7(9)13/h1-5,8-9H2. The van der Waals surface area contributed by atoms with E-state index in [9.17, 15) is 9.59 Å². The van der Waals surface area contributed by atoms with Crippen molar-refractivity contribution in [3.8, 4) is 0 Å². The number of hydrogen-bond acceptors (Lipinski definition) is 2. The first-order chi connectivity index (χ1) is 6.11. The molecule has 70 valence electrons. The summed E-state index contributed by atoms with van der Waals surface area (Å²) < 4.78 is 0. The fraction of sp³-hybridized carbons (Fsp3) is 0.714. The predicted octanol–water partition coefficient (Wildman–Crippen LogP) is -1.50. The Bertz CT molecular complexity index is 201. The van der Waals surface area contributed by atoms with Gasteiger partial charge in [-0.05, 0) is 6.42 Å². The maximum atomic E-state index is 11.1. The van der Waals surface area contributed by atoms with Crippen molar-refractivity contribution < 1.29 is 9.59 Å². The molecule has 1 rings (SSSR count). The van der Waals surface area contributed by atoms with Crippen LogP contribution in [-0.2, 0) is 0 Å². The Morgan fingerprint density at radius 3 is 1.54 bits per heavy atom. The van der Waals surface area contributed by atoms with E-state index in [-0.39, 0.29) is 11.6 Å². The Balaban J connectivity index is 2.48. The van der Waals surface area contributed by atoms with E-state index in [1.807, 2.05) is 0 Å². The maximum Gasteiger partial charge on any atom is 0.215 e. The van der Waals surface area contributed by atoms with E-state index in [0.29, 0.717) is 13.1 Å². The minimum atomic E-state index is 0.102. The Morgan fingerprint density at radius 2 is 1.23 bits per heavy atom. The smallest absolute Gasteiger partial charge is 0.215 e. The molecule has 0 aromatic heterocycles. The van der Waals surface area contributed by atoms with Crippen LogP contribution in [0.1, 0.15) is 6.42 Å². The van der Waals surface area contributed by atoms with E-state index in [0.717, 1.165) is 19.5 Å². The molecule has 0 N–H and O–H groups in total. The quantitative estimate of drug-likeness (QED) is 0.425. The first-order valence-corrected chi connectivity index (χ1v) is 4.62. The maximum absolute atomic E-state index is 11.1. The highest BCUT2D eigenvalue weighted by atomic mass is 16.2. The summed E-state index contributed by atoms with van der Waals surface area (Å²) >= 11 is 0. The van der Waals surface area contributed by atoms with Crippen molar-refractivity contribution in [2.24, 2.45) is 0 Å². The molecule has 1 heterocycles. The normalized spacial score (nSPS) is 18.2. The van der Waals surface area contributed by atoms with Crippen LogP contribution >= 0.6 is 0 Å². The second-order valence-electron chi connectivity index (χ2n) is 3.37. The van der Waals surface area contributed by atoms with Gasteiger partial charge in [0.15, 0.2) is 11.6 Å². The summed E-state index contributed by atoms with van der Waals surface area (Å²) in [4.78, 5) is 25.7. The Morgan fingerprint density at radius 1 is 0.846 bits per heavy atom. The van der Waals surface area contributed by atoms with Crippen LogP contribution in [0.2, 0.25) is 0 Å². The van der Waals surface area contributed by atoms with Crippen molar-refractivity contribution in [2.75, 3.05) is 26.2 Å². The highest BCUT2D eigenvalue weighted by Crippen LogP contribution is 2.02. The van der Waals surface area contributed by atoms with Crippen molar-refractivity contribution in [3.05, 3.63) is 0 Å². The monoisotopic (exact) mass is 180 g/mol. The lowest BCUT2D eigenvalue weighted by Crippen LogP contribution is -2.36. The third-order valence-electron chi connectivity index (χ3n) is 2.39. The largest absolute Gasteiger partial charge is 0.350 e. The SMILES string of the molecule is BC(=O)N1CCCN(C(B)=O)CC1. The summed E-state index contributed by atoms with van der Waals surface area (Å²) in [6, 6.07) is 0. The highest BCUT2D eigenvalue weighted by Gasteiger charge is 2.16. The van der Waals surface area contributed by atoms with Gasteiger partial charge in [-0.3, -0.25) is 9.59 Å². The number of amides is 2. The molecule has 0 radical (unpaired) electrons. The molecule has 0 atom stereocenters.